The summed E-state index contributed by atoms with van der Waals surface area (Å²) in [6.07, 6.45) is 3.85. The highest BCUT2D eigenvalue weighted by atomic mass is 16.5. The van der Waals surface area contributed by atoms with Crippen LogP contribution in [0.4, 0.5) is 0 Å². The zero-order valence-corrected chi connectivity index (χ0v) is 7.62. The molecule has 12 heavy (non-hydrogen) atoms. The minimum Gasteiger partial charge on any atom is -0.383 e. The molecule has 0 heterocycles. The molecule has 0 spiro atoms. The fourth-order valence-electron chi connectivity index (χ4n) is 0.659. The molecule has 0 saturated heterocycles. The minimum atomic E-state index is -0.314. The van der Waals surface area contributed by atoms with E-state index in [1.807, 2.05) is 18.1 Å². The predicted molar refractivity (Wildman–Crippen MR) is 47.5 cm³/mol. The summed E-state index contributed by atoms with van der Waals surface area (Å²) in [6.45, 7) is 1.49. The van der Waals surface area contributed by atoms with Crippen molar-refractivity contribution in [3.63, 3.8) is 0 Å². The second-order valence-electron chi connectivity index (χ2n) is 2.53. The van der Waals surface area contributed by atoms with E-state index in [0.29, 0.717) is 6.61 Å². The van der Waals surface area contributed by atoms with Gasteiger partial charge < -0.3 is 15.4 Å². The first-order valence-electron chi connectivity index (χ1n) is 3.81. The topological polar surface area (TPSA) is 55.6 Å². The average Bonchev–Trinajstić information content (AvgIpc) is 2.00. The van der Waals surface area contributed by atoms with Crippen LogP contribution in [0.25, 0.3) is 0 Å². The summed E-state index contributed by atoms with van der Waals surface area (Å²) in [5, 5.41) is 0. The number of rotatable bonds is 6. The lowest BCUT2D eigenvalue weighted by atomic mass is 10.4. The molecule has 0 aliphatic heterocycles. The highest BCUT2D eigenvalue weighted by Gasteiger charge is 1.90. The van der Waals surface area contributed by atoms with Crippen molar-refractivity contribution in [1.29, 1.82) is 0 Å². The second kappa shape index (κ2) is 6.67. The van der Waals surface area contributed by atoms with Crippen molar-refractivity contribution in [2.24, 2.45) is 5.73 Å². The van der Waals surface area contributed by atoms with E-state index in [4.69, 9.17) is 10.5 Å². The quantitative estimate of drug-likeness (QED) is 0.611. The number of primary amides is 1. The molecule has 0 rings (SSSR count). The fraction of sp³-hybridized carbons (Fsp3) is 0.625. The Morgan fingerprint density at radius 1 is 1.67 bits per heavy atom. The smallest absolute Gasteiger partial charge is 0.221 e. The lowest BCUT2D eigenvalue weighted by molar-refractivity contribution is -0.117. The normalized spacial score (nSPS) is 10.5. The maximum atomic E-state index is 10.3. The molecular weight excluding hydrogens is 156 g/mol. The Morgan fingerprint density at radius 2 is 2.33 bits per heavy atom. The van der Waals surface area contributed by atoms with E-state index in [1.54, 1.807) is 13.2 Å². The van der Waals surface area contributed by atoms with Crippen molar-refractivity contribution in [2.45, 2.75) is 6.42 Å². The number of hydrogen-bond donors (Lipinski definition) is 1. The number of amides is 1. The van der Waals surface area contributed by atoms with Gasteiger partial charge in [0.1, 0.15) is 0 Å². The van der Waals surface area contributed by atoms with Gasteiger partial charge in [-0.1, -0.05) is 6.08 Å². The maximum absolute atomic E-state index is 10.3. The van der Waals surface area contributed by atoms with Crippen LogP contribution in [0.3, 0.4) is 0 Å². The number of methoxy groups -OCH3 is 1. The number of nitrogens with zero attached hydrogens (tertiary/aromatic N) is 1. The Hall–Kier alpha value is -1.03. The summed E-state index contributed by atoms with van der Waals surface area (Å²) in [6, 6.07) is 0. The molecule has 0 aliphatic rings. The fourth-order valence-corrected chi connectivity index (χ4v) is 0.659. The van der Waals surface area contributed by atoms with Crippen molar-refractivity contribution < 1.29 is 9.53 Å². The third-order valence-corrected chi connectivity index (χ3v) is 1.33. The molecule has 0 aliphatic carbocycles. The average molecular weight is 172 g/mol. The first-order valence-corrected chi connectivity index (χ1v) is 3.81. The summed E-state index contributed by atoms with van der Waals surface area (Å²) in [5.74, 6) is -0.314. The van der Waals surface area contributed by atoms with Crippen molar-refractivity contribution in [3.8, 4) is 0 Å². The zero-order chi connectivity index (χ0) is 9.40. The van der Waals surface area contributed by atoms with Crippen LogP contribution in [0.2, 0.25) is 0 Å². The molecule has 1 amide bonds. The van der Waals surface area contributed by atoms with Gasteiger partial charge in [-0.3, -0.25) is 4.79 Å². The van der Waals surface area contributed by atoms with Gasteiger partial charge in [-0.15, -0.1) is 0 Å². The van der Waals surface area contributed by atoms with E-state index < -0.39 is 0 Å². The third kappa shape index (κ3) is 7.08. The lowest BCUT2D eigenvalue weighted by Crippen LogP contribution is -2.17. The summed E-state index contributed by atoms with van der Waals surface area (Å²) in [5.41, 5.74) is 4.95. The SMILES string of the molecule is COCCN(C)C=CCC(N)=O. The van der Waals surface area contributed by atoms with Crippen LogP contribution in [0.1, 0.15) is 6.42 Å². The van der Waals surface area contributed by atoms with E-state index in [1.165, 1.54) is 0 Å². The van der Waals surface area contributed by atoms with Gasteiger partial charge in [0.25, 0.3) is 0 Å². The summed E-state index contributed by atoms with van der Waals surface area (Å²) >= 11 is 0. The van der Waals surface area contributed by atoms with Gasteiger partial charge in [-0.05, 0) is 6.20 Å². The standard InChI is InChI=1S/C8H16N2O2/c1-10(6-7-12-2)5-3-4-8(9)11/h3,5H,4,6-7H2,1-2H3,(H2,9,11). The highest BCUT2D eigenvalue weighted by molar-refractivity contribution is 5.75. The summed E-state index contributed by atoms with van der Waals surface area (Å²) < 4.78 is 4.87. The molecule has 0 fully saturated rings. The van der Waals surface area contributed by atoms with E-state index in [0.717, 1.165) is 6.54 Å². The van der Waals surface area contributed by atoms with Crippen LogP contribution in [0, 0.1) is 0 Å². The molecule has 2 N–H and O–H groups in total. The van der Waals surface area contributed by atoms with Crippen LogP contribution >= 0.6 is 0 Å². The van der Waals surface area contributed by atoms with E-state index >= 15 is 0 Å². The van der Waals surface area contributed by atoms with Gasteiger partial charge in [0.2, 0.25) is 5.91 Å². The Labute approximate surface area is 73.0 Å². The summed E-state index contributed by atoms with van der Waals surface area (Å²) in [4.78, 5) is 12.3. The molecule has 0 atom stereocenters. The number of carbonyl (C=O) groups is 1. The van der Waals surface area contributed by atoms with Crippen LogP contribution in [-0.2, 0) is 9.53 Å². The maximum Gasteiger partial charge on any atom is 0.221 e. The Balaban J connectivity index is 3.46. The molecule has 0 saturated carbocycles. The van der Waals surface area contributed by atoms with E-state index in [-0.39, 0.29) is 12.3 Å². The third-order valence-electron chi connectivity index (χ3n) is 1.33. The Morgan fingerprint density at radius 3 is 2.83 bits per heavy atom. The van der Waals surface area contributed by atoms with Crippen molar-refractivity contribution in [3.05, 3.63) is 12.3 Å². The first kappa shape index (κ1) is 11.0. The van der Waals surface area contributed by atoms with Crippen LogP contribution in [-0.4, -0.2) is 38.1 Å². The highest BCUT2D eigenvalue weighted by Crippen LogP contribution is 1.87. The molecule has 0 unspecified atom stereocenters. The monoisotopic (exact) mass is 172 g/mol. The number of likely N-dealkylation sites (N-methyl/N-ethyl adjacent to an activating group) is 1. The summed E-state index contributed by atoms with van der Waals surface area (Å²) in [7, 11) is 3.57. The van der Waals surface area contributed by atoms with Gasteiger partial charge in [-0.2, -0.15) is 0 Å². The van der Waals surface area contributed by atoms with Crippen LogP contribution < -0.4 is 5.73 Å². The van der Waals surface area contributed by atoms with Crippen molar-refractivity contribution >= 4 is 5.91 Å². The zero-order valence-electron chi connectivity index (χ0n) is 7.62. The second-order valence-corrected chi connectivity index (χ2v) is 2.53. The van der Waals surface area contributed by atoms with Crippen LogP contribution in [0.15, 0.2) is 12.3 Å². The van der Waals surface area contributed by atoms with Gasteiger partial charge in [-0.25, -0.2) is 0 Å². The molecule has 0 bridgehead atoms. The Kier molecular flexibility index (Phi) is 6.09. The number of hydrogen-bond acceptors (Lipinski definition) is 3. The number of ether oxygens (including phenoxy) is 1. The van der Waals surface area contributed by atoms with Crippen molar-refractivity contribution in [1.82, 2.24) is 4.90 Å². The van der Waals surface area contributed by atoms with Gasteiger partial charge in [0.05, 0.1) is 6.61 Å². The number of carbonyl (C=O) groups excluding carboxylic acids is 1. The molecule has 0 aromatic carbocycles. The van der Waals surface area contributed by atoms with Crippen molar-refractivity contribution in [2.75, 3.05) is 27.3 Å². The molecule has 0 aromatic rings. The van der Waals surface area contributed by atoms with Gasteiger partial charge in [0.15, 0.2) is 0 Å². The molecule has 70 valence electrons. The van der Waals surface area contributed by atoms with Gasteiger partial charge in [0, 0.05) is 27.1 Å². The molecule has 0 radical (unpaired) electrons. The minimum absolute atomic E-state index is 0.289. The van der Waals surface area contributed by atoms with Crippen LogP contribution in [0.5, 0.6) is 0 Å². The molecule has 4 nitrogen and oxygen atoms in total. The van der Waals surface area contributed by atoms with E-state index in [9.17, 15) is 4.79 Å². The van der Waals surface area contributed by atoms with E-state index in [2.05, 4.69) is 0 Å². The molecular formula is C8H16N2O2. The first-order chi connectivity index (χ1) is 5.66. The lowest BCUT2D eigenvalue weighted by Gasteiger charge is -2.12. The Bertz CT molecular complexity index is 157. The number of nitrogens with two attached hydrogens (primary N) is 1. The molecule has 0 aromatic heterocycles. The largest absolute Gasteiger partial charge is 0.383 e. The molecule has 4 heteroatoms. The predicted octanol–water partition coefficient (Wildman–Crippen LogP) is -0.0463. The van der Waals surface area contributed by atoms with Gasteiger partial charge >= 0.3 is 0 Å².